The fourth-order valence-corrected chi connectivity index (χ4v) is 5.63. The lowest BCUT2D eigenvalue weighted by molar-refractivity contribution is -0.122. The molecule has 3 amide bonds. The van der Waals surface area contributed by atoms with Crippen molar-refractivity contribution in [1.82, 2.24) is 15.6 Å². The van der Waals surface area contributed by atoms with Gasteiger partial charge in [-0.2, -0.15) is 0 Å². The molecular weight excluding hydrogens is 552 g/mol. The predicted molar refractivity (Wildman–Crippen MR) is 166 cm³/mol. The SMILES string of the molecule is CC(C)(NC(=O)O)c1ccc(-c2ncc(NC(=O)C[C@H]3CC[C@H](NC(=O)CCCCl)CC3)cc2-c2ccccc2)cc1. The Kier molecular flexibility index (Phi) is 10.6. The van der Waals surface area contributed by atoms with Gasteiger partial charge in [-0.3, -0.25) is 14.6 Å². The van der Waals surface area contributed by atoms with Crippen LogP contribution >= 0.6 is 11.6 Å². The quantitative estimate of drug-likeness (QED) is 0.180. The number of halogens is 1. The zero-order valence-corrected chi connectivity index (χ0v) is 24.9. The van der Waals surface area contributed by atoms with Crippen molar-refractivity contribution in [3.8, 4) is 22.4 Å². The first-order chi connectivity index (χ1) is 20.1. The average Bonchev–Trinajstić information content (AvgIpc) is 2.97. The first kappa shape index (κ1) is 31.0. The Labute approximate surface area is 252 Å². The maximum absolute atomic E-state index is 13.0. The van der Waals surface area contributed by atoms with Gasteiger partial charge >= 0.3 is 6.09 Å². The zero-order valence-electron chi connectivity index (χ0n) is 24.2. The van der Waals surface area contributed by atoms with Crippen LogP contribution in [0.3, 0.4) is 0 Å². The lowest BCUT2D eigenvalue weighted by atomic mass is 9.84. The molecule has 2 aromatic carbocycles. The molecule has 1 fully saturated rings. The monoisotopic (exact) mass is 590 g/mol. The number of carbonyl (C=O) groups excluding carboxylic acids is 2. The fraction of sp³-hybridized carbons (Fsp3) is 0.394. The highest BCUT2D eigenvalue weighted by Gasteiger charge is 2.25. The molecule has 1 heterocycles. The largest absolute Gasteiger partial charge is 0.465 e. The van der Waals surface area contributed by atoms with Crippen LogP contribution in [0.15, 0.2) is 66.9 Å². The van der Waals surface area contributed by atoms with Crippen LogP contribution in [0, 0.1) is 5.92 Å². The van der Waals surface area contributed by atoms with Crippen molar-refractivity contribution in [3.63, 3.8) is 0 Å². The van der Waals surface area contributed by atoms with Crippen LogP contribution in [0.4, 0.5) is 10.5 Å². The fourth-order valence-electron chi connectivity index (χ4n) is 5.50. The van der Waals surface area contributed by atoms with Crippen LogP contribution in [0.25, 0.3) is 22.4 Å². The summed E-state index contributed by atoms with van der Waals surface area (Å²) < 4.78 is 0. The summed E-state index contributed by atoms with van der Waals surface area (Å²) in [4.78, 5) is 41.0. The molecule has 4 rings (SSSR count). The highest BCUT2D eigenvalue weighted by atomic mass is 35.5. The summed E-state index contributed by atoms with van der Waals surface area (Å²) in [6.07, 6.45) is 5.71. The van der Waals surface area contributed by atoms with Gasteiger partial charge in [0.05, 0.1) is 23.1 Å². The van der Waals surface area contributed by atoms with Crippen LogP contribution in [0.5, 0.6) is 0 Å². The second kappa shape index (κ2) is 14.3. The van der Waals surface area contributed by atoms with Gasteiger partial charge in [0.1, 0.15) is 0 Å². The van der Waals surface area contributed by atoms with Crippen molar-refractivity contribution < 1.29 is 19.5 Å². The molecule has 0 unspecified atom stereocenters. The summed E-state index contributed by atoms with van der Waals surface area (Å²) in [6.45, 7) is 3.63. The summed E-state index contributed by atoms with van der Waals surface area (Å²) in [5, 5.41) is 17.9. The van der Waals surface area contributed by atoms with E-state index in [1.54, 1.807) is 6.20 Å². The summed E-state index contributed by atoms with van der Waals surface area (Å²) in [7, 11) is 0. The number of nitrogens with one attached hydrogen (secondary N) is 3. The Bertz CT molecular complexity index is 1370. The van der Waals surface area contributed by atoms with E-state index in [4.69, 9.17) is 16.6 Å². The van der Waals surface area contributed by atoms with Gasteiger partial charge in [0.25, 0.3) is 0 Å². The molecule has 0 radical (unpaired) electrons. The third kappa shape index (κ3) is 8.55. The number of benzene rings is 2. The Hall–Kier alpha value is -3.91. The molecular formula is C33H39ClN4O4. The highest BCUT2D eigenvalue weighted by molar-refractivity contribution is 6.17. The molecule has 222 valence electrons. The number of alkyl halides is 1. The van der Waals surface area contributed by atoms with Crippen molar-refractivity contribution in [3.05, 3.63) is 72.4 Å². The number of anilines is 1. The summed E-state index contributed by atoms with van der Waals surface area (Å²) in [5.41, 5.74) is 4.22. The topological polar surface area (TPSA) is 120 Å². The molecule has 1 aliphatic rings. The number of aromatic nitrogens is 1. The van der Waals surface area contributed by atoms with Crippen molar-refractivity contribution in [2.45, 2.75) is 70.4 Å². The van der Waals surface area contributed by atoms with Crippen molar-refractivity contribution in [2.24, 2.45) is 5.92 Å². The Morgan fingerprint density at radius 3 is 2.29 bits per heavy atom. The number of amides is 3. The molecule has 4 N–H and O–H groups in total. The van der Waals surface area contributed by atoms with Gasteiger partial charge in [-0.15, -0.1) is 11.6 Å². The minimum absolute atomic E-state index is 0.0457. The Morgan fingerprint density at radius 2 is 1.64 bits per heavy atom. The molecule has 0 spiro atoms. The summed E-state index contributed by atoms with van der Waals surface area (Å²) in [6, 6.07) is 19.7. The van der Waals surface area contributed by atoms with Crippen LogP contribution in [-0.4, -0.2) is 39.9 Å². The van der Waals surface area contributed by atoms with E-state index in [0.29, 0.717) is 30.8 Å². The molecule has 0 bridgehead atoms. The standard InChI is InChI=1S/C33H39ClN4O4/c1-33(2,38-32(41)42)25-14-12-24(13-15-25)31-28(23-7-4-3-5-8-23)20-27(21-35-31)37-30(40)19-22-10-16-26(17-11-22)36-29(39)9-6-18-34/h3-5,7-8,12-15,20-22,26,38H,6,9-11,16-19H2,1-2H3,(H,36,39)(H,37,40)(H,41,42)/t22-,26-. The van der Waals surface area contributed by atoms with E-state index in [0.717, 1.165) is 53.6 Å². The third-order valence-corrected chi connectivity index (χ3v) is 8.05. The molecule has 42 heavy (non-hydrogen) atoms. The van der Waals surface area contributed by atoms with Crippen molar-refractivity contribution in [1.29, 1.82) is 0 Å². The van der Waals surface area contributed by atoms with Crippen LogP contribution < -0.4 is 16.0 Å². The molecule has 1 aliphatic carbocycles. The highest BCUT2D eigenvalue weighted by Crippen LogP contribution is 2.34. The smallest absolute Gasteiger partial charge is 0.405 e. The number of pyridine rings is 1. The van der Waals surface area contributed by atoms with Gasteiger partial charge < -0.3 is 21.1 Å². The summed E-state index contributed by atoms with van der Waals surface area (Å²) in [5.74, 6) is 0.771. The molecule has 1 aromatic heterocycles. The molecule has 3 aromatic rings. The predicted octanol–water partition coefficient (Wildman–Crippen LogP) is 6.94. The van der Waals surface area contributed by atoms with Crippen LogP contribution in [-0.2, 0) is 15.1 Å². The Balaban J connectivity index is 1.44. The van der Waals surface area contributed by atoms with E-state index in [9.17, 15) is 19.5 Å². The van der Waals surface area contributed by atoms with Crippen LogP contribution in [0.1, 0.15) is 64.4 Å². The van der Waals surface area contributed by atoms with Gasteiger partial charge in [0.15, 0.2) is 0 Å². The zero-order chi connectivity index (χ0) is 30.1. The molecule has 0 atom stereocenters. The van der Waals surface area contributed by atoms with E-state index in [1.807, 2.05) is 74.5 Å². The number of carbonyl (C=O) groups is 3. The molecule has 1 saturated carbocycles. The van der Waals surface area contributed by atoms with Gasteiger partial charge in [-0.1, -0.05) is 54.6 Å². The lowest BCUT2D eigenvalue weighted by Crippen LogP contribution is -2.39. The number of hydrogen-bond acceptors (Lipinski definition) is 4. The van der Waals surface area contributed by atoms with E-state index >= 15 is 0 Å². The van der Waals surface area contributed by atoms with E-state index in [-0.39, 0.29) is 23.8 Å². The summed E-state index contributed by atoms with van der Waals surface area (Å²) >= 11 is 5.68. The van der Waals surface area contributed by atoms with Gasteiger partial charge in [-0.05, 0) is 69.1 Å². The minimum Gasteiger partial charge on any atom is -0.465 e. The number of carboxylic acid groups (broad SMARTS) is 1. The molecule has 0 saturated heterocycles. The molecule has 0 aliphatic heterocycles. The van der Waals surface area contributed by atoms with Crippen molar-refractivity contribution in [2.75, 3.05) is 11.2 Å². The van der Waals surface area contributed by atoms with Crippen LogP contribution in [0.2, 0.25) is 0 Å². The van der Waals surface area contributed by atoms with E-state index in [1.165, 1.54) is 0 Å². The maximum Gasteiger partial charge on any atom is 0.405 e. The van der Waals surface area contributed by atoms with E-state index in [2.05, 4.69) is 16.0 Å². The average molecular weight is 591 g/mol. The second-order valence-electron chi connectivity index (χ2n) is 11.4. The molecule has 9 heteroatoms. The minimum atomic E-state index is -1.08. The van der Waals surface area contributed by atoms with Crippen molar-refractivity contribution >= 4 is 35.2 Å². The number of hydrogen-bond donors (Lipinski definition) is 4. The van der Waals surface area contributed by atoms with Gasteiger partial charge in [0, 0.05) is 35.9 Å². The Morgan fingerprint density at radius 1 is 0.952 bits per heavy atom. The van der Waals surface area contributed by atoms with Gasteiger partial charge in [0.2, 0.25) is 11.8 Å². The lowest BCUT2D eigenvalue weighted by Gasteiger charge is -2.28. The molecule has 8 nitrogen and oxygen atoms in total. The number of nitrogens with zero attached hydrogens (tertiary/aromatic N) is 1. The van der Waals surface area contributed by atoms with Gasteiger partial charge in [-0.25, -0.2) is 4.79 Å². The maximum atomic E-state index is 13.0. The number of rotatable bonds is 11. The van der Waals surface area contributed by atoms with E-state index < -0.39 is 11.6 Å². The second-order valence-corrected chi connectivity index (χ2v) is 11.8. The first-order valence-corrected chi connectivity index (χ1v) is 15.0. The third-order valence-electron chi connectivity index (χ3n) is 7.78. The first-order valence-electron chi connectivity index (χ1n) is 14.5. The normalized spacial score (nSPS) is 16.8.